The molecule has 3 aromatic rings. The molecule has 0 unspecified atom stereocenters. The van der Waals surface area contributed by atoms with Crippen LogP contribution in [0.25, 0.3) is 11.3 Å². The summed E-state index contributed by atoms with van der Waals surface area (Å²) >= 11 is 11.7. The predicted molar refractivity (Wildman–Crippen MR) is 112 cm³/mol. The Kier molecular flexibility index (Phi) is 7.02. The Hall–Kier alpha value is -2.84. The van der Waals surface area contributed by atoms with Gasteiger partial charge in [0.2, 0.25) is 0 Å². The van der Waals surface area contributed by atoms with Crippen molar-refractivity contribution < 1.29 is 22.7 Å². The molecule has 2 aromatic carbocycles. The van der Waals surface area contributed by atoms with Gasteiger partial charge in [0.05, 0.1) is 23.4 Å². The van der Waals surface area contributed by atoms with Gasteiger partial charge in [-0.25, -0.2) is 14.5 Å². The standard InChI is InChI=1S/C21H16Cl2F3N3O2/c1-2-31-20(30)17-7-13(4-6-19(17)29-12-27-11-28-29)3-5-18(21(24,25)26)14-8-15(22)10-16(23)9-14/h4-12H,2-3H2,1H3. The van der Waals surface area contributed by atoms with Gasteiger partial charge in [0, 0.05) is 10.0 Å². The van der Waals surface area contributed by atoms with Crippen LogP contribution in [0, 0.1) is 0 Å². The fraction of sp³-hybridized carbons (Fsp3) is 0.190. The number of alkyl halides is 3. The van der Waals surface area contributed by atoms with E-state index in [2.05, 4.69) is 10.1 Å². The van der Waals surface area contributed by atoms with Crippen molar-refractivity contribution in [3.8, 4) is 5.69 Å². The molecule has 0 aliphatic rings. The van der Waals surface area contributed by atoms with Crippen molar-refractivity contribution in [2.45, 2.75) is 19.5 Å². The lowest BCUT2D eigenvalue weighted by Gasteiger charge is -2.14. The second kappa shape index (κ2) is 9.53. The first-order valence-electron chi connectivity index (χ1n) is 9.08. The van der Waals surface area contributed by atoms with Crippen molar-refractivity contribution in [1.82, 2.24) is 14.8 Å². The van der Waals surface area contributed by atoms with E-state index >= 15 is 0 Å². The number of rotatable bonds is 6. The molecule has 5 nitrogen and oxygen atoms in total. The van der Waals surface area contributed by atoms with Gasteiger partial charge in [0.15, 0.2) is 0 Å². The summed E-state index contributed by atoms with van der Waals surface area (Å²) in [4.78, 5) is 16.2. The highest BCUT2D eigenvalue weighted by molar-refractivity contribution is 6.34. The Bertz CT molecular complexity index is 1090. The maximum Gasteiger partial charge on any atom is 0.416 e. The third-order valence-corrected chi connectivity index (χ3v) is 4.68. The van der Waals surface area contributed by atoms with Gasteiger partial charge in [-0.3, -0.25) is 0 Å². The van der Waals surface area contributed by atoms with Crippen molar-refractivity contribution in [2.75, 3.05) is 6.61 Å². The maximum absolute atomic E-state index is 13.7. The zero-order valence-corrected chi connectivity index (χ0v) is 17.7. The van der Waals surface area contributed by atoms with Crippen LogP contribution in [-0.2, 0) is 11.2 Å². The van der Waals surface area contributed by atoms with Gasteiger partial charge in [-0.1, -0.05) is 35.3 Å². The largest absolute Gasteiger partial charge is 0.462 e. The average Bonchev–Trinajstić information content (AvgIpc) is 3.21. The Morgan fingerprint density at radius 1 is 1.16 bits per heavy atom. The molecule has 1 aromatic heterocycles. The molecular weight excluding hydrogens is 454 g/mol. The number of ether oxygens (including phenoxy) is 1. The molecule has 0 saturated heterocycles. The second-order valence-corrected chi connectivity index (χ2v) is 7.26. The SMILES string of the molecule is CCOC(=O)c1cc(CC=C(c2cc(Cl)cc(Cl)c2)C(F)(F)F)ccc1-n1cncn1. The minimum atomic E-state index is -4.63. The number of aromatic nitrogens is 3. The first-order valence-corrected chi connectivity index (χ1v) is 9.83. The first-order chi connectivity index (χ1) is 14.7. The Labute approximate surface area is 186 Å². The highest BCUT2D eigenvalue weighted by atomic mass is 35.5. The molecule has 0 aliphatic heterocycles. The fourth-order valence-electron chi connectivity index (χ4n) is 2.94. The molecular formula is C21H16Cl2F3N3O2. The summed E-state index contributed by atoms with van der Waals surface area (Å²) < 4.78 is 47.5. The third kappa shape index (κ3) is 5.65. The number of benzene rings is 2. The number of esters is 1. The van der Waals surface area contributed by atoms with Crippen molar-refractivity contribution >= 4 is 34.7 Å². The van der Waals surface area contributed by atoms with Crippen LogP contribution in [0.4, 0.5) is 13.2 Å². The Morgan fingerprint density at radius 3 is 2.45 bits per heavy atom. The van der Waals surface area contributed by atoms with E-state index in [-0.39, 0.29) is 34.2 Å². The predicted octanol–water partition coefficient (Wildman–Crippen LogP) is 5.94. The Morgan fingerprint density at radius 2 is 1.87 bits per heavy atom. The number of hydrogen-bond donors (Lipinski definition) is 0. The number of hydrogen-bond acceptors (Lipinski definition) is 4. The lowest BCUT2D eigenvalue weighted by atomic mass is 10.0. The van der Waals surface area contributed by atoms with E-state index in [1.165, 1.54) is 41.6 Å². The highest BCUT2D eigenvalue weighted by Gasteiger charge is 2.34. The van der Waals surface area contributed by atoms with Crippen LogP contribution in [-0.4, -0.2) is 33.5 Å². The molecule has 0 saturated carbocycles. The van der Waals surface area contributed by atoms with Gasteiger partial charge in [-0.2, -0.15) is 18.3 Å². The molecule has 0 fully saturated rings. The number of carbonyl (C=O) groups is 1. The summed E-state index contributed by atoms with van der Waals surface area (Å²) in [6.07, 6.45) is -0.983. The van der Waals surface area contributed by atoms with E-state index in [0.717, 1.165) is 6.08 Å². The van der Waals surface area contributed by atoms with E-state index in [0.29, 0.717) is 11.3 Å². The molecule has 0 N–H and O–H groups in total. The highest BCUT2D eigenvalue weighted by Crippen LogP contribution is 2.36. The fourth-order valence-corrected chi connectivity index (χ4v) is 3.47. The third-order valence-electron chi connectivity index (χ3n) is 4.24. The topological polar surface area (TPSA) is 57.0 Å². The molecule has 0 radical (unpaired) electrons. The lowest BCUT2D eigenvalue weighted by Crippen LogP contribution is -2.12. The normalized spacial score (nSPS) is 12.1. The molecule has 31 heavy (non-hydrogen) atoms. The van der Waals surface area contributed by atoms with Crippen molar-refractivity contribution in [3.05, 3.63) is 81.9 Å². The minimum Gasteiger partial charge on any atom is -0.462 e. The van der Waals surface area contributed by atoms with Crippen LogP contribution < -0.4 is 0 Å². The van der Waals surface area contributed by atoms with Crippen LogP contribution in [0.3, 0.4) is 0 Å². The first kappa shape index (κ1) is 22.8. The number of allylic oxidation sites excluding steroid dienone is 2. The van der Waals surface area contributed by atoms with E-state index in [1.807, 2.05) is 0 Å². The summed E-state index contributed by atoms with van der Waals surface area (Å²) in [5.74, 6) is -0.614. The number of halogens is 5. The number of carbonyl (C=O) groups excluding carboxylic acids is 1. The molecule has 1 heterocycles. The van der Waals surface area contributed by atoms with Crippen molar-refractivity contribution in [3.63, 3.8) is 0 Å². The summed E-state index contributed by atoms with van der Waals surface area (Å²) in [7, 11) is 0. The van der Waals surface area contributed by atoms with Crippen LogP contribution >= 0.6 is 23.2 Å². The van der Waals surface area contributed by atoms with Gasteiger partial charge in [-0.15, -0.1) is 0 Å². The van der Waals surface area contributed by atoms with Gasteiger partial charge < -0.3 is 4.74 Å². The number of nitrogens with zero attached hydrogens (tertiary/aromatic N) is 3. The molecule has 10 heteroatoms. The average molecular weight is 470 g/mol. The molecule has 0 aliphatic carbocycles. The molecule has 0 atom stereocenters. The lowest BCUT2D eigenvalue weighted by molar-refractivity contribution is -0.0690. The van der Waals surface area contributed by atoms with Crippen LogP contribution in [0.15, 0.2) is 55.1 Å². The van der Waals surface area contributed by atoms with E-state index < -0.39 is 17.7 Å². The quantitative estimate of drug-likeness (QED) is 0.419. The molecule has 0 bridgehead atoms. The maximum atomic E-state index is 13.7. The smallest absolute Gasteiger partial charge is 0.416 e. The van der Waals surface area contributed by atoms with E-state index in [4.69, 9.17) is 27.9 Å². The molecule has 162 valence electrons. The van der Waals surface area contributed by atoms with Crippen molar-refractivity contribution in [2.24, 2.45) is 0 Å². The molecule has 0 spiro atoms. The molecule has 0 amide bonds. The van der Waals surface area contributed by atoms with Gasteiger partial charge in [-0.05, 0) is 54.8 Å². The van der Waals surface area contributed by atoms with Gasteiger partial charge in [0.1, 0.15) is 12.7 Å². The van der Waals surface area contributed by atoms with Crippen LogP contribution in [0.1, 0.15) is 28.4 Å². The Balaban J connectivity index is 2.00. The zero-order valence-electron chi connectivity index (χ0n) is 16.2. The van der Waals surface area contributed by atoms with Crippen molar-refractivity contribution in [1.29, 1.82) is 0 Å². The van der Waals surface area contributed by atoms with Crippen LogP contribution in [0.5, 0.6) is 0 Å². The monoisotopic (exact) mass is 469 g/mol. The summed E-state index contributed by atoms with van der Waals surface area (Å²) in [5, 5.41) is 4.19. The summed E-state index contributed by atoms with van der Waals surface area (Å²) in [5.41, 5.74) is 0.0190. The van der Waals surface area contributed by atoms with E-state index in [1.54, 1.807) is 19.1 Å². The zero-order chi connectivity index (χ0) is 22.6. The van der Waals surface area contributed by atoms with Gasteiger partial charge >= 0.3 is 12.1 Å². The van der Waals surface area contributed by atoms with Gasteiger partial charge in [0.25, 0.3) is 0 Å². The van der Waals surface area contributed by atoms with E-state index in [9.17, 15) is 18.0 Å². The second-order valence-electron chi connectivity index (χ2n) is 6.39. The summed E-state index contributed by atoms with van der Waals surface area (Å²) in [6.45, 7) is 1.80. The van der Waals surface area contributed by atoms with Crippen LogP contribution in [0.2, 0.25) is 10.0 Å². The summed E-state index contributed by atoms with van der Waals surface area (Å²) in [6, 6.07) is 8.41. The molecule has 3 rings (SSSR count). The minimum absolute atomic E-state index is 0.0942.